The van der Waals surface area contributed by atoms with Gasteiger partial charge in [-0.25, -0.2) is 0 Å². The molecule has 2 heterocycles. The van der Waals surface area contributed by atoms with E-state index in [1.54, 1.807) is 6.20 Å². The third-order valence-electron chi connectivity index (χ3n) is 6.13. The van der Waals surface area contributed by atoms with E-state index in [2.05, 4.69) is 20.0 Å². The number of pyridine rings is 1. The van der Waals surface area contributed by atoms with Gasteiger partial charge in [0, 0.05) is 46.8 Å². The number of halogens is 3. The van der Waals surface area contributed by atoms with Crippen molar-refractivity contribution in [3.8, 4) is 16.9 Å². The third kappa shape index (κ3) is 5.41. The summed E-state index contributed by atoms with van der Waals surface area (Å²) in [6.45, 7) is 0.0923. The van der Waals surface area contributed by atoms with Crippen molar-refractivity contribution in [1.29, 1.82) is 0 Å². The summed E-state index contributed by atoms with van der Waals surface area (Å²) in [5.41, 5.74) is 9.52. The molecule has 1 unspecified atom stereocenters. The summed E-state index contributed by atoms with van der Waals surface area (Å²) in [5.74, 6) is -1.31. The van der Waals surface area contributed by atoms with Crippen LogP contribution in [0.1, 0.15) is 15.9 Å². The molecule has 0 bridgehead atoms. The number of rotatable bonds is 7. The van der Waals surface area contributed by atoms with Crippen LogP contribution in [0.5, 0.6) is 5.75 Å². The third-order valence-corrected chi connectivity index (χ3v) is 6.13. The van der Waals surface area contributed by atoms with Crippen LogP contribution in [-0.4, -0.2) is 34.8 Å². The van der Waals surface area contributed by atoms with E-state index in [1.165, 1.54) is 12.1 Å². The summed E-state index contributed by atoms with van der Waals surface area (Å²) in [5, 5.41) is 4.63. The maximum absolute atomic E-state index is 13.3. The van der Waals surface area contributed by atoms with Crippen LogP contribution < -0.4 is 15.8 Å². The van der Waals surface area contributed by atoms with E-state index < -0.39 is 24.1 Å². The molecule has 5 aromatic rings. The van der Waals surface area contributed by atoms with E-state index in [9.17, 15) is 18.0 Å². The van der Waals surface area contributed by atoms with E-state index in [0.717, 1.165) is 33.4 Å². The number of hydrogen-bond acceptors (Lipinski definition) is 4. The Morgan fingerprint density at radius 3 is 2.62 bits per heavy atom. The predicted molar refractivity (Wildman–Crippen MR) is 136 cm³/mol. The average Bonchev–Trinajstić information content (AvgIpc) is 3.30. The quantitative estimate of drug-likeness (QED) is 0.270. The first-order chi connectivity index (χ1) is 17.8. The summed E-state index contributed by atoms with van der Waals surface area (Å²) in [4.78, 5) is 20.9. The van der Waals surface area contributed by atoms with Crippen molar-refractivity contribution >= 4 is 27.7 Å². The van der Waals surface area contributed by atoms with Crippen molar-refractivity contribution in [2.75, 3.05) is 6.54 Å². The molecular weight excluding hydrogens is 481 g/mol. The smallest absolute Gasteiger partial charge is 0.405 e. The van der Waals surface area contributed by atoms with E-state index >= 15 is 0 Å². The zero-order valence-corrected chi connectivity index (χ0v) is 19.5. The fraction of sp³-hybridized carbons (Fsp3) is 0.143. The molecule has 0 radical (unpaired) electrons. The second-order valence-electron chi connectivity index (χ2n) is 8.65. The topological polar surface area (TPSA) is 93.0 Å². The number of alkyl halides is 3. The number of nitrogens with zero attached hydrogens (tertiary/aromatic N) is 1. The van der Waals surface area contributed by atoms with Gasteiger partial charge in [0.25, 0.3) is 5.91 Å². The number of para-hydroxylation sites is 2. The van der Waals surface area contributed by atoms with Gasteiger partial charge in [-0.2, -0.15) is 0 Å². The van der Waals surface area contributed by atoms with Crippen LogP contribution in [0.3, 0.4) is 0 Å². The van der Waals surface area contributed by atoms with Crippen molar-refractivity contribution < 1.29 is 22.7 Å². The van der Waals surface area contributed by atoms with E-state index in [0.29, 0.717) is 17.5 Å². The number of benzene rings is 3. The molecule has 1 atom stereocenters. The molecule has 0 spiro atoms. The maximum Gasteiger partial charge on any atom is 0.573 e. The number of aromatic amines is 1. The Morgan fingerprint density at radius 1 is 1.03 bits per heavy atom. The number of amides is 1. The summed E-state index contributed by atoms with van der Waals surface area (Å²) in [7, 11) is 0. The Morgan fingerprint density at radius 2 is 1.81 bits per heavy atom. The number of carbonyl (C=O) groups is 1. The molecule has 1 amide bonds. The first kappa shape index (κ1) is 24.3. The maximum atomic E-state index is 13.3. The molecule has 0 aliphatic heterocycles. The Hall–Kier alpha value is -4.37. The van der Waals surface area contributed by atoms with Crippen molar-refractivity contribution in [3.63, 3.8) is 0 Å². The highest BCUT2D eigenvalue weighted by molar-refractivity contribution is 5.99. The lowest BCUT2D eigenvalue weighted by Crippen LogP contribution is -2.42. The Kier molecular flexibility index (Phi) is 6.54. The molecule has 5 rings (SSSR count). The number of ether oxygens (including phenoxy) is 1. The van der Waals surface area contributed by atoms with E-state index in [-0.39, 0.29) is 12.1 Å². The molecular formula is C28H23F3N4O2. The van der Waals surface area contributed by atoms with Gasteiger partial charge < -0.3 is 20.8 Å². The van der Waals surface area contributed by atoms with Gasteiger partial charge in [-0.3, -0.25) is 9.78 Å². The fourth-order valence-electron chi connectivity index (χ4n) is 4.35. The highest BCUT2D eigenvalue weighted by Crippen LogP contribution is 2.32. The number of hydrogen-bond donors (Lipinski definition) is 3. The van der Waals surface area contributed by atoms with Gasteiger partial charge in [0.05, 0.1) is 11.1 Å². The molecule has 188 valence electrons. The molecule has 0 saturated heterocycles. The molecule has 0 aliphatic carbocycles. The van der Waals surface area contributed by atoms with Crippen molar-refractivity contribution in [3.05, 3.63) is 96.3 Å². The summed E-state index contributed by atoms with van der Waals surface area (Å²) in [6, 6.07) is 20.5. The fourth-order valence-corrected chi connectivity index (χ4v) is 4.35. The zero-order chi connectivity index (χ0) is 26.0. The van der Waals surface area contributed by atoms with E-state index in [1.807, 2.05) is 60.8 Å². The SMILES string of the molecule is NCC(Cc1c[nH]c2ccccc12)NC(=O)c1cc(-c2cnc3ccccc3c2)ccc1OC(F)(F)F. The molecule has 0 aliphatic rings. The minimum Gasteiger partial charge on any atom is -0.405 e. The Bertz CT molecular complexity index is 1580. The standard InChI is InChI=1S/C28H23F3N4O2/c29-28(30,31)37-26-10-9-17(19-11-18-5-1-3-7-24(18)33-15-19)13-23(26)27(36)35-21(14-32)12-20-16-34-25-8-4-2-6-22(20)25/h1-11,13,15-16,21,34H,12,14,32H2,(H,35,36). The van der Waals surface area contributed by atoms with Gasteiger partial charge in [-0.1, -0.05) is 42.5 Å². The minimum atomic E-state index is -4.96. The number of H-pyrrole nitrogens is 1. The first-order valence-corrected chi connectivity index (χ1v) is 11.6. The van der Waals surface area contributed by atoms with Crippen LogP contribution in [0.25, 0.3) is 32.9 Å². The van der Waals surface area contributed by atoms with Gasteiger partial charge in [-0.05, 0) is 47.9 Å². The summed E-state index contributed by atoms with van der Waals surface area (Å²) < 4.78 is 43.6. The number of nitrogens with two attached hydrogens (primary N) is 1. The van der Waals surface area contributed by atoms with E-state index in [4.69, 9.17) is 5.73 Å². The van der Waals surface area contributed by atoms with Gasteiger partial charge in [0.2, 0.25) is 0 Å². The average molecular weight is 505 g/mol. The molecule has 9 heteroatoms. The lowest BCUT2D eigenvalue weighted by molar-refractivity contribution is -0.274. The van der Waals surface area contributed by atoms with Gasteiger partial charge in [-0.15, -0.1) is 13.2 Å². The lowest BCUT2D eigenvalue weighted by atomic mass is 10.0. The number of nitrogens with one attached hydrogen (secondary N) is 2. The van der Waals surface area contributed by atoms with Crippen LogP contribution in [0, 0.1) is 0 Å². The predicted octanol–water partition coefficient (Wildman–Crippen LogP) is 5.58. The Labute approximate surface area is 210 Å². The molecule has 37 heavy (non-hydrogen) atoms. The van der Waals surface area contributed by atoms with Gasteiger partial charge >= 0.3 is 6.36 Å². The van der Waals surface area contributed by atoms with Crippen LogP contribution in [0.15, 0.2) is 85.2 Å². The van der Waals surface area contributed by atoms with Gasteiger partial charge in [0.1, 0.15) is 5.75 Å². The Balaban J connectivity index is 1.46. The number of fused-ring (bicyclic) bond motifs is 2. The minimum absolute atomic E-state index is 0.0923. The number of aromatic nitrogens is 2. The highest BCUT2D eigenvalue weighted by Gasteiger charge is 2.33. The molecule has 6 nitrogen and oxygen atoms in total. The first-order valence-electron chi connectivity index (χ1n) is 11.6. The summed E-state index contributed by atoms with van der Waals surface area (Å²) >= 11 is 0. The normalized spacial score (nSPS) is 12.5. The molecule has 0 fully saturated rings. The lowest BCUT2D eigenvalue weighted by Gasteiger charge is -2.19. The number of carbonyl (C=O) groups excluding carboxylic acids is 1. The van der Waals surface area contributed by atoms with Crippen molar-refractivity contribution in [2.45, 2.75) is 18.8 Å². The second-order valence-corrected chi connectivity index (χ2v) is 8.65. The van der Waals surface area contributed by atoms with Crippen molar-refractivity contribution in [2.24, 2.45) is 5.73 Å². The largest absolute Gasteiger partial charge is 0.573 e. The molecule has 3 aromatic carbocycles. The van der Waals surface area contributed by atoms with Crippen LogP contribution >= 0.6 is 0 Å². The zero-order valence-electron chi connectivity index (χ0n) is 19.5. The molecule has 4 N–H and O–H groups in total. The highest BCUT2D eigenvalue weighted by atomic mass is 19.4. The van der Waals surface area contributed by atoms with Crippen LogP contribution in [0.2, 0.25) is 0 Å². The van der Waals surface area contributed by atoms with Crippen LogP contribution in [-0.2, 0) is 6.42 Å². The van der Waals surface area contributed by atoms with Crippen molar-refractivity contribution in [1.82, 2.24) is 15.3 Å². The summed E-state index contributed by atoms with van der Waals surface area (Å²) in [6.07, 6.45) is -1.11. The monoisotopic (exact) mass is 504 g/mol. The molecule has 0 saturated carbocycles. The molecule has 2 aromatic heterocycles. The second kappa shape index (κ2) is 9.94. The van der Waals surface area contributed by atoms with Crippen LogP contribution in [0.4, 0.5) is 13.2 Å². The van der Waals surface area contributed by atoms with Gasteiger partial charge in [0.15, 0.2) is 0 Å².